The minimum absolute atomic E-state index is 0.211. The fourth-order valence-electron chi connectivity index (χ4n) is 2.00. The quantitative estimate of drug-likeness (QED) is 0.851. The molecule has 0 heterocycles. The largest absolute Gasteiger partial charge is 0.326 e. The summed E-state index contributed by atoms with van der Waals surface area (Å²) < 4.78 is 28.1. The van der Waals surface area contributed by atoms with Crippen molar-refractivity contribution in [1.82, 2.24) is 4.72 Å². The number of hydrogen-bond donors (Lipinski definition) is 2. The lowest BCUT2D eigenvalue weighted by Crippen LogP contribution is -2.27. The third-order valence-electron chi connectivity index (χ3n) is 3.15. The zero-order valence-corrected chi connectivity index (χ0v) is 14.0. The van der Waals surface area contributed by atoms with Gasteiger partial charge < -0.3 is 5.73 Å². The van der Waals surface area contributed by atoms with Crippen molar-refractivity contribution in [3.05, 3.63) is 64.1 Å². The van der Waals surface area contributed by atoms with Crippen LogP contribution in [0, 0.1) is 0 Å². The molecular weight excluding hydrogens is 352 g/mol. The van der Waals surface area contributed by atoms with Crippen molar-refractivity contribution in [2.75, 3.05) is 0 Å². The molecule has 0 aliphatic rings. The number of benzene rings is 2. The highest BCUT2D eigenvalue weighted by molar-refractivity contribution is 9.10. The number of nitrogens with one attached hydrogen (secondary N) is 1. The highest BCUT2D eigenvalue weighted by Gasteiger charge is 2.20. The van der Waals surface area contributed by atoms with Crippen LogP contribution in [0.1, 0.15) is 24.1 Å². The number of halogens is 1. The molecule has 2 rings (SSSR count). The molecule has 2 aromatic carbocycles. The Kier molecular flexibility index (Phi) is 5.16. The Balaban J connectivity index is 2.26. The first-order valence-corrected chi connectivity index (χ1v) is 8.77. The van der Waals surface area contributed by atoms with Gasteiger partial charge in [0, 0.05) is 17.1 Å². The topological polar surface area (TPSA) is 72.2 Å². The molecule has 1 atom stereocenters. The van der Waals surface area contributed by atoms with Gasteiger partial charge in [-0.25, -0.2) is 13.1 Å². The molecule has 21 heavy (non-hydrogen) atoms. The van der Waals surface area contributed by atoms with E-state index in [9.17, 15) is 8.42 Å². The molecule has 0 amide bonds. The van der Waals surface area contributed by atoms with E-state index in [-0.39, 0.29) is 10.9 Å². The van der Waals surface area contributed by atoms with E-state index in [0.717, 1.165) is 11.1 Å². The molecule has 0 aliphatic carbocycles. The number of rotatable bonds is 5. The normalized spacial score (nSPS) is 13.1. The van der Waals surface area contributed by atoms with Crippen molar-refractivity contribution in [3.8, 4) is 0 Å². The van der Waals surface area contributed by atoms with Gasteiger partial charge in [0.25, 0.3) is 0 Å². The molecule has 6 heteroatoms. The summed E-state index contributed by atoms with van der Waals surface area (Å²) in [6, 6.07) is 14.1. The van der Waals surface area contributed by atoms with Gasteiger partial charge in [-0.1, -0.05) is 36.4 Å². The molecule has 2 aromatic rings. The van der Waals surface area contributed by atoms with Gasteiger partial charge in [0.05, 0.1) is 4.90 Å². The van der Waals surface area contributed by atoms with Crippen LogP contribution in [0.3, 0.4) is 0 Å². The van der Waals surface area contributed by atoms with Crippen molar-refractivity contribution in [2.45, 2.75) is 24.4 Å². The fourth-order valence-corrected chi connectivity index (χ4v) is 4.35. The van der Waals surface area contributed by atoms with Crippen molar-refractivity contribution in [3.63, 3.8) is 0 Å². The van der Waals surface area contributed by atoms with Gasteiger partial charge in [-0.05, 0) is 46.1 Å². The second-order valence-corrected chi connectivity index (χ2v) is 7.26. The first-order chi connectivity index (χ1) is 9.94. The molecule has 3 N–H and O–H groups in total. The van der Waals surface area contributed by atoms with Gasteiger partial charge >= 0.3 is 0 Å². The molecule has 0 saturated carbocycles. The van der Waals surface area contributed by atoms with Crippen LogP contribution in [-0.2, 0) is 16.6 Å². The molecule has 112 valence electrons. The maximum Gasteiger partial charge on any atom is 0.242 e. The lowest BCUT2D eigenvalue weighted by Gasteiger charge is -2.15. The average Bonchev–Trinajstić information content (AvgIpc) is 2.47. The maximum atomic E-state index is 12.5. The molecule has 0 bridgehead atoms. The highest BCUT2D eigenvalue weighted by atomic mass is 79.9. The number of nitrogens with two attached hydrogens (primary N) is 1. The minimum Gasteiger partial charge on any atom is -0.326 e. The summed E-state index contributed by atoms with van der Waals surface area (Å²) in [5.41, 5.74) is 7.33. The van der Waals surface area contributed by atoms with E-state index < -0.39 is 10.0 Å². The van der Waals surface area contributed by atoms with E-state index in [1.807, 2.05) is 37.3 Å². The Labute approximate surface area is 133 Å². The van der Waals surface area contributed by atoms with E-state index in [4.69, 9.17) is 5.73 Å². The van der Waals surface area contributed by atoms with Crippen molar-refractivity contribution < 1.29 is 8.42 Å². The van der Waals surface area contributed by atoms with Gasteiger partial charge in [-0.3, -0.25) is 0 Å². The van der Waals surface area contributed by atoms with Crippen LogP contribution >= 0.6 is 15.9 Å². The fraction of sp³-hybridized carbons (Fsp3) is 0.200. The van der Waals surface area contributed by atoms with Crippen LogP contribution in [-0.4, -0.2) is 8.42 Å². The van der Waals surface area contributed by atoms with Crippen molar-refractivity contribution in [1.29, 1.82) is 0 Å². The van der Waals surface area contributed by atoms with E-state index in [0.29, 0.717) is 11.0 Å². The smallest absolute Gasteiger partial charge is 0.242 e. The molecular formula is C15H17BrN2O2S. The zero-order valence-electron chi connectivity index (χ0n) is 11.6. The van der Waals surface area contributed by atoms with Crippen LogP contribution in [0.25, 0.3) is 0 Å². The molecule has 4 nitrogen and oxygen atoms in total. The Morgan fingerprint density at radius 2 is 1.86 bits per heavy atom. The number of hydrogen-bond acceptors (Lipinski definition) is 3. The van der Waals surface area contributed by atoms with Gasteiger partial charge in [0.2, 0.25) is 10.0 Å². The lowest BCUT2D eigenvalue weighted by atomic mass is 10.1. The number of sulfonamides is 1. The molecule has 0 saturated heterocycles. The van der Waals surface area contributed by atoms with Crippen LogP contribution in [0.5, 0.6) is 0 Å². The lowest BCUT2D eigenvalue weighted by molar-refractivity contribution is 0.566. The first kappa shape index (κ1) is 16.2. The van der Waals surface area contributed by atoms with E-state index in [2.05, 4.69) is 20.7 Å². The second kappa shape index (κ2) is 6.70. The summed E-state index contributed by atoms with van der Waals surface area (Å²) in [7, 11) is -3.60. The van der Waals surface area contributed by atoms with E-state index >= 15 is 0 Å². The summed E-state index contributed by atoms with van der Waals surface area (Å²) in [6.45, 7) is 2.18. The summed E-state index contributed by atoms with van der Waals surface area (Å²) in [4.78, 5) is 0.211. The standard InChI is InChI=1S/C15H17BrN2O2S/c1-11(13-5-3-2-4-6-13)18-21(19,20)15-8-7-12(10-17)9-14(15)16/h2-9,11,18H,10,17H2,1H3. The van der Waals surface area contributed by atoms with E-state index in [1.54, 1.807) is 18.2 Å². The Morgan fingerprint density at radius 3 is 2.43 bits per heavy atom. The second-order valence-electron chi connectivity index (χ2n) is 4.72. The average molecular weight is 369 g/mol. The van der Waals surface area contributed by atoms with Crippen LogP contribution in [0.4, 0.5) is 0 Å². The van der Waals surface area contributed by atoms with Crippen molar-refractivity contribution in [2.24, 2.45) is 5.73 Å². The molecule has 0 radical (unpaired) electrons. The maximum absolute atomic E-state index is 12.5. The van der Waals surface area contributed by atoms with Crippen LogP contribution in [0.2, 0.25) is 0 Å². The Morgan fingerprint density at radius 1 is 1.19 bits per heavy atom. The van der Waals surface area contributed by atoms with Gasteiger partial charge in [-0.15, -0.1) is 0 Å². The van der Waals surface area contributed by atoms with Crippen LogP contribution in [0.15, 0.2) is 57.9 Å². The monoisotopic (exact) mass is 368 g/mol. The predicted molar refractivity (Wildman–Crippen MR) is 87.2 cm³/mol. The molecule has 0 aromatic heterocycles. The summed E-state index contributed by atoms with van der Waals surface area (Å²) in [6.07, 6.45) is 0. The van der Waals surface area contributed by atoms with Gasteiger partial charge in [-0.2, -0.15) is 0 Å². The zero-order chi connectivity index (χ0) is 15.5. The van der Waals surface area contributed by atoms with Crippen LogP contribution < -0.4 is 10.5 Å². The Bertz CT molecular complexity index is 718. The Hall–Kier alpha value is -1.21. The molecule has 0 spiro atoms. The first-order valence-electron chi connectivity index (χ1n) is 6.50. The minimum atomic E-state index is -3.60. The summed E-state index contributed by atoms with van der Waals surface area (Å²) in [5, 5.41) is 0. The summed E-state index contributed by atoms with van der Waals surface area (Å²) in [5.74, 6) is 0. The third kappa shape index (κ3) is 3.91. The predicted octanol–water partition coefficient (Wildman–Crippen LogP) is 2.95. The highest BCUT2D eigenvalue weighted by Crippen LogP contribution is 2.25. The van der Waals surface area contributed by atoms with Gasteiger partial charge in [0.1, 0.15) is 0 Å². The summed E-state index contributed by atoms with van der Waals surface area (Å²) >= 11 is 3.30. The SMILES string of the molecule is CC(NS(=O)(=O)c1ccc(CN)cc1Br)c1ccccc1. The van der Waals surface area contributed by atoms with Gasteiger partial charge in [0.15, 0.2) is 0 Å². The van der Waals surface area contributed by atoms with Crippen molar-refractivity contribution >= 4 is 26.0 Å². The van der Waals surface area contributed by atoms with E-state index in [1.165, 1.54) is 0 Å². The molecule has 0 aliphatic heterocycles. The third-order valence-corrected chi connectivity index (χ3v) is 5.67. The molecule has 1 unspecified atom stereocenters. The molecule has 0 fully saturated rings.